The molecule has 2 heteroatoms. The van der Waals surface area contributed by atoms with Gasteiger partial charge in [-0.05, 0) is 43.0 Å². The van der Waals surface area contributed by atoms with E-state index in [1.807, 2.05) is 24.3 Å². The van der Waals surface area contributed by atoms with Crippen LogP contribution in [0.1, 0.15) is 19.8 Å². The van der Waals surface area contributed by atoms with E-state index < -0.39 is 0 Å². The first-order valence-electron chi connectivity index (χ1n) is 4.78. The smallest absolute Gasteiger partial charge is 0.0407 e. The highest BCUT2D eigenvalue weighted by molar-refractivity contribution is 6.30. The third kappa shape index (κ3) is 1.97. The fourth-order valence-electron chi connectivity index (χ4n) is 1.64. The van der Waals surface area contributed by atoms with Crippen LogP contribution in [0, 0.1) is 5.92 Å². The molecule has 1 aromatic carbocycles. The minimum atomic E-state index is 0.668. The van der Waals surface area contributed by atoms with Gasteiger partial charge in [-0.3, -0.25) is 0 Å². The van der Waals surface area contributed by atoms with E-state index in [4.69, 9.17) is 11.6 Å². The van der Waals surface area contributed by atoms with Crippen molar-refractivity contribution in [1.82, 2.24) is 0 Å². The Labute approximate surface area is 84.1 Å². The molecular weight excluding hydrogens is 182 g/mol. The molecule has 1 aromatic rings. The fourth-order valence-corrected chi connectivity index (χ4v) is 1.77. The molecule has 1 saturated carbocycles. The SMILES string of the molecule is CC1CCC1Nc1ccc(Cl)cc1. The average molecular weight is 196 g/mol. The lowest BCUT2D eigenvalue weighted by Gasteiger charge is -2.35. The molecule has 1 aliphatic carbocycles. The van der Waals surface area contributed by atoms with Crippen LogP contribution in [0.5, 0.6) is 0 Å². The van der Waals surface area contributed by atoms with Crippen LogP contribution in [0.2, 0.25) is 5.02 Å². The maximum Gasteiger partial charge on any atom is 0.0407 e. The molecule has 0 saturated heterocycles. The standard InChI is InChI=1S/C11H14ClN/c1-8-2-7-11(8)13-10-5-3-9(12)4-6-10/h3-6,8,11,13H,2,7H2,1H3. The first-order valence-corrected chi connectivity index (χ1v) is 5.15. The van der Waals surface area contributed by atoms with Crippen LogP contribution in [-0.2, 0) is 0 Å². The number of hydrogen-bond acceptors (Lipinski definition) is 1. The molecular formula is C11H14ClN. The topological polar surface area (TPSA) is 12.0 Å². The van der Waals surface area contributed by atoms with Crippen LogP contribution in [0.4, 0.5) is 5.69 Å². The van der Waals surface area contributed by atoms with E-state index in [2.05, 4.69) is 12.2 Å². The summed E-state index contributed by atoms with van der Waals surface area (Å²) in [5.74, 6) is 0.815. The summed E-state index contributed by atoms with van der Waals surface area (Å²) in [5.41, 5.74) is 1.18. The molecule has 0 spiro atoms. The van der Waals surface area contributed by atoms with Crippen LogP contribution in [-0.4, -0.2) is 6.04 Å². The van der Waals surface area contributed by atoms with Crippen LogP contribution in [0.15, 0.2) is 24.3 Å². The van der Waals surface area contributed by atoms with Gasteiger partial charge in [0.05, 0.1) is 0 Å². The molecule has 13 heavy (non-hydrogen) atoms. The summed E-state index contributed by atoms with van der Waals surface area (Å²) in [7, 11) is 0. The van der Waals surface area contributed by atoms with Gasteiger partial charge in [-0.1, -0.05) is 18.5 Å². The molecule has 0 radical (unpaired) electrons. The van der Waals surface area contributed by atoms with E-state index in [9.17, 15) is 0 Å². The lowest BCUT2D eigenvalue weighted by Crippen LogP contribution is -2.36. The second kappa shape index (κ2) is 3.59. The molecule has 0 amide bonds. The lowest BCUT2D eigenvalue weighted by molar-refractivity contribution is 0.303. The Morgan fingerprint density at radius 1 is 1.23 bits per heavy atom. The van der Waals surface area contributed by atoms with Gasteiger partial charge in [0.1, 0.15) is 0 Å². The van der Waals surface area contributed by atoms with Crippen molar-refractivity contribution in [3.8, 4) is 0 Å². The van der Waals surface area contributed by atoms with Crippen molar-refractivity contribution in [3.63, 3.8) is 0 Å². The number of anilines is 1. The predicted octanol–water partition coefficient (Wildman–Crippen LogP) is 3.55. The minimum absolute atomic E-state index is 0.668. The quantitative estimate of drug-likeness (QED) is 0.761. The maximum absolute atomic E-state index is 5.80. The lowest BCUT2D eigenvalue weighted by atomic mass is 9.81. The molecule has 1 N–H and O–H groups in total. The van der Waals surface area contributed by atoms with Gasteiger partial charge in [-0.15, -0.1) is 0 Å². The van der Waals surface area contributed by atoms with Crippen LogP contribution in [0.25, 0.3) is 0 Å². The van der Waals surface area contributed by atoms with Gasteiger partial charge in [0.2, 0.25) is 0 Å². The van der Waals surface area contributed by atoms with E-state index in [-0.39, 0.29) is 0 Å². The number of rotatable bonds is 2. The summed E-state index contributed by atoms with van der Waals surface area (Å²) in [5, 5.41) is 4.30. The summed E-state index contributed by atoms with van der Waals surface area (Å²) in [4.78, 5) is 0. The number of hydrogen-bond donors (Lipinski definition) is 1. The zero-order valence-corrected chi connectivity index (χ0v) is 8.51. The third-order valence-electron chi connectivity index (χ3n) is 2.82. The Morgan fingerprint density at radius 2 is 1.92 bits per heavy atom. The fraction of sp³-hybridized carbons (Fsp3) is 0.455. The van der Waals surface area contributed by atoms with E-state index >= 15 is 0 Å². The second-order valence-electron chi connectivity index (χ2n) is 3.81. The average Bonchev–Trinajstić information content (AvgIpc) is 2.15. The van der Waals surface area contributed by atoms with Crippen molar-refractivity contribution < 1.29 is 0 Å². The molecule has 1 fully saturated rings. The van der Waals surface area contributed by atoms with Crippen molar-refractivity contribution in [2.75, 3.05) is 5.32 Å². The van der Waals surface area contributed by atoms with Gasteiger partial charge in [0, 0.05) is 16.8 Å². The Kier molecular flexibility index (Phi) is 2.45. The van der Waals surface area contributed by atoms with Crippen molar-refractivity contribution in [1.29, 1.82) is 0 Å². The van der Waals surface area contributed by atoms with Crippen molar-refractivity contribution >= 4 is 17.3 Å². The zero-order valence-electron chi connectivity index (χ0n) is 7.76. The minimum Gasteiger partial charge on any atom is -0.382 e. The Bertz CT molecular complexity index is 281. The summed E-state index contributed by atoms with van der Waals surface area (Å²) < 4.78 is 0. The monoisotopic (exact) mass is 195 g/mol. The van der Waals surface area contributed by atoms with Crippen LogP contribution in [0.3, 0.4) is 0 Å². The van der Waals surface area contributed by atoms with E-state index in [1.165, 1.54) is 18.5 Å². The summed E-state index contributed by atoms with van der Waals surface area (Å²) >= 11 is 5.80. The van der Waals surface area contributed by atoms with Gasteiger partial charge < -0.3 is 5.32 Å². The molecule has 0 bridgehead atoms. The summed E-state index contributed by atoms with van der Waals surface area (Å²) in [6, 6.07) is 8.59. The van der Waals surface area contributed by atoms with E-state index in [1.54, 1.807) is 0 Å². The van der Waals surface area contributed by atoms with Gasteiger partial charge >= 0.3 is 0 Å². The molecule has 1 aliphatic rings. The van der Waals surface area contributed by atoms with Crippen LogP contribution < -0.4 is 5.32 Å². The Hall–Kier alpha value is -0.690. The molecule has 2 rings (SSSR count). The predicted molar refractivity (Wildman–Crippen MR) is 57.3 cm³/mol. The highest BCUT2D eigenvalue weighted by Crippen LogP contribution is 2.29. The first kappa shape index (κ1) is 8.89. The van der Waals surface area contributed by atoms with Gasteiger partial charge in [0.25, 0.3) is 0 Å². The molecule has 0 aliphatic heterocycles. The molecule has 2 unspecified atom stereocenters. The number of benzene rings is 1. The normalized spacial score (nSPS) is 26.6. The second-order valence-corrected chi connectivity index (χ2v) is 4.25. The number of nitrogens with one attached hydrogen (secondary N) is 1. The van der Waals surface area contributed by atoms with Crippen LogP contribution >= 0.6 is 11.6 Å². The molecule has 0 heterocycles. The van der Waals surface area contributed by atoms with Crippen molar-refractivity contribution in [2.24, 2.45) is 5.92 Å². The third-order valence-corrected chi connectivity index (χ3v) is 3.07. The van der Waals surface area contributed by atoms with E-state index in [0.29, 0.717) is 6.04 Å². The van der Waals surface area contributed by atoms with Gasteiger partial charge in [-0.25, -0.2) is 0 Å². The van der Waals surface area contributed by atoms with Crippen molar-refractivity contribution in [2.45, 2.75) is 25.8 Å². The van der Waals surface area contributed by atoms with Gasteiger partial charge in [0.15, 0.2) is 0 Å². The van der Waals surface area contributed by atoms with Gasteiger partial charge in [-0.2, -0.15) is 0 Å². The molecule has 70 valence electrons. The molecule has 0 aromatic heterocycles. The largest absolute Gasteiger partial charge is 0.382 e. The highest BCUT2D eigenvalue weighted by atomic mass is 35.5. The first-order chi connectivity index (χ1) is 6.25. The highest BCUT2D eigenvalue weighted by Gasteiger charge is 2.25. The Morgan fingerprint density at radius 3 is 2.38 bits per heavy atom. The van der Waals surface area contributed by atoms with Crippen molar-refractivity contribution in [3.05, 3.63) is 29.3 Å². The zero-order chi connectivity index (χ0) is 9.26. The molecule has 1 nitrogen and oxygen atoms in total. The maximum atomic E-state index is 5.80. The summed E-state index contributed by atoms with van der Waals surface area (Å²) in [6.45, 7) is 2.29. The summed E-state index contributed by atoms with van der Waals surface area (Å²) in [6.07, 6.45) is 2.65. The Balaban J connectivity index is 1.98. The number of halogens is 1. The molecule has 2 atom stereocenters. The van der Waals surface area contributed by atoms with E-state index in [0.717, 1.165) is 10.9 Å².